The molecule has 0 aliphatic carbocycles. The number of fused-ring (bicyclic) bond motifs is 3. The predicted molar refractivity (Wildman–Crippen MR) is 97.2 cm³/mol. The molecular weight excluding hydrogens is 266 g/mol. The molecule has 1 N–H and O–H groups in total. The van der Waals surface area contributed by atoms with Gasteiger partial charge in [-0.3, -0.25) is 0 Å². The number of hydrogen-bond acceptors (Lipinski definition) is 0. The number of benzene rings is 3. The van der Waals surface area contributed by atoms with Crippen LogP contribution in [0.5, 0.6) is 0 Å². The monoisotopic (exact) mass is 287 g/mol. The van der Waals surface area contributed by atoms with Crippen LogP contribution in [0, 0.1) is 0 Å². The summed E-state index contributed by atoms with van der Waals surface area (Å²) < 4.78 is 0. The van der Waals surface area contributed by atoms with Crippen LogP contribution in [0.4, 0.5) is 0 Å². The molecule has 0 fully saturated rings. The van der Waals surface area contributed by atoms with Crippen molar-refractivity contribution in [1.82, 2.24) is 4.98 Å². The Bertz CT molecular complexity index is 872. The Kier molecular flexibility index (Phi) is 4.24. The van der Waals surface area contributed by atoms with Crippen molar-refractivity contribution in [3.63, 3.8) is 0 Å². The fourth-order valence-electron chi connectivity index (χ4n) is 2.66. The molecule has 1 nitrogen and oxygen atoms in total. The highest BCUT2D eigenvalue weighted by Gasteiger charge is 2.04. The molecule has 4 aromatic rings. The smallest absolute Gasteiger partial charge is 0.0471 e. The first-order valence-corrected chi connectivity index (χ1v) is 7.89. The van der Waals surface area contributed by atoms with Crippen LogP contribution in [0.2, 0.25) is 0 Å². The van der Waals surface area contributed by atoms with Gasteiger partial charge in [-0.25, -0.2) is 0 Å². The summed E-state index contributed by atoms with van der Waals surface area (Å²) in [6.45, 7) is 4.25. The second-order valence-corrected chi connectivity index (χ2v) is 5.50. The molecule has 4 rings (SSSR count). The van der Waals surface area contributed by atoms with E-state index in [0.717, 1.165) is 0 Å². The molecule has 1 heteroatoms. The highest BCUT2D eigenvalue weighted by atomic mass is 14.7. The average molecular weight is 287 g/mol. The summed E-state index contributed by atoms with van der Waals surface area (Å²) in [6, 6.07) is 25.5. The first-order valence-electron chi connectivity index (χ1n) is 7.89. The molecule has 0 atom stereocenters. The van der Waals surface area contributed by atoms with Gasteiger partial charge in [0.05, 0.1) is 0 Å². The topological polar surface area (TPSA) is 15.8 Å². The Morgan fingerprint density at radius 3 is 2.05 bits per heavy atom. The summed E-state index contributed by atoms with van der Waals surface area (Å²) in [5.41, 5.74) is 4.90. The molecule has 0 unspecified atom stereocenters. The standard InChI is InChI=1S/C18H13N.C3H8/c1-2-6-13(7-3-1)14-10-11-16-15-8-4-5-9-17(15)19-18(16)12-14;1-3-2/h1-12,19H;3H2,1-2H3. The van der Waals surface area contributed by atoms with Crippen molar-refractivity contribution in [3.8, 4) is 11.1 Å². The summed E-state index contributed by atoms with van der Waals surface area (Å²) >= 11 is 0. The zero-order valence-corrected chi connectivity index (χ0v) is 13.1. The van der Waals surface area contributed by atoms with Crippen LogP contribution in [-0.2, 0) is 0 Å². The Hall–Kier alpha value is -2.54. The van der Waals surface area contributed by atoms with E-state index in [1.807, 2.05) is 6.07 Å². The number of aromatic amines is 1. The highest BCUT2D eigenvalue weighted by molar-refractivity contribution is 6.08. The molecule has 110 valence electrons. The van der Waals surface area contributed by atoms with Crippen LogP contribution in [0.25, 0.3) is 32.9 Å². The minimum absolute atomic E-state index is 1.20. The molecule has 0 radical (unpaired) electrons. The lowest BCUT2D eigenvalue weighted by atomic mass is 10.0. The third kappa shape index (κ3) is 2.75. The molecule has 3 aromatic carbocycles. The van der Waals surface area contributed by atoms with E-state index in [9.17, 15) is 0 Å². The molecule has 0 spiro atoms. The maximum absolute atomic E-state index is 3.49. The van der Waals surface area contributed by atoms with Gasteiger partial charge in [0.1, 0.15) is 0 Å². The number of nitrogens with one attached hydrogen (secondary N) is 1. The second kappa shape index (κ2) is 6.48. The quantitative estimate of drug-likeness (QED) is 0.416. The van der Waals surface area contributed by atoms with Gasteiger partial charge in [0, 0.05) is 21.8 Å². The fourth-order valence-corrected chi connectivity index (χ4v) is 2.66. The van der Waals surface area contributed by atoms with Gasteiger partial charge in [0.15, 0.2) is 0 Å². The highest BCUT2D eigenvalue weighted by Crippen LogP contribution is 2.29. The Morgan fingerprint density at radius 1 is 0.636 bits per heavy atom. The maximum atomic E-state index is 3.49. The maximum Gasteiger partial charge on any atom is 0.0471 e. The van der Waals surface area contributed by atoms with Gasteiger partial charge in [-0.15, -0.1) is 0 Å². The van der Waals surface area contributed by atoms with Crippen LogP contribution in [0.3, 0.4) is 0 Å². The number of aromatic nitrogens is 1. The van der Waals surface area contributed by atoms with E-state index in [-0.39, 0.29) is 0 Å². The fraction of sp³-hybridized carbons (Fsp3) is 0.143. The Balaban J connectivity index is 0.000000446. The van der Waals surface area contributed by atoms with Crippen molar-refractivity contribution < 1.29 is 0 Å². The van der Waals surface area contributed by atoms with Gasteiger partial charge in [0.25, 0.3) is 0 Å². The lowest BCUT2D eigenvalue weighted by Gasteiger charge is -2.01. The average Bonchev–Trinajstić information content (AvgIpc) is 2.94. The van der Waals surface area contributed by atoms with Crippen LogP contribution in [0.15, 0.2) is 72.8 Å². The first-order chi connectivity index (χ1) is 10.8. The minimum Gasteiger partial charge on any atom is -0.354 e. The Labute approximate surface area is 131 Å². The molecule has 0 saturated heterocycles. The summed E-state index contributed by atoms with van der Waals surface area (Å²) in [4.78, 5) is 3.49. The molecule has 0 saturated carbocycles. The van der Waals surface area contributed by atoms with Crippen LogP contribution in [-0.4, -0.2) is 4.98 Å². The lowest BCUT2D eigenvalue weighted by Crippen LogP contribution is -1.76. The summed E-state index contributed by atoms with van der Waals surface area (Å²) in [5.74, 6) is 0. The van der Waals surface area contributed by atoms with Crippen molar-refractivity contribution in [2.45, 2.75) is 20.3 Å². The Morgan fingerprint density at radius 2 is 1.27 bits per heavy atom. The van der Waals surface area contributed by atoms with Crippen molar-refractivity contribution in [1.29, 1.82) is 0 Å². The lowest BCUT2D eigenvalue weighted by molar-refractivity contribution is 1.09. The van der Waals surface area contributed by atoms with Gasteiger partial charge < -0.3 is 4.98 Å². The van der Waals surface area contributed by atoms with Crippen molar-refractivity contribution in [2.75, 3.05) is 0 Å². The van der Waals surface area contributed by atoms with Gasteiger partial charge in [0.2, 0.25) is 0 Å². The molecule has 0 bridgehead atoms. The normalized spacial score (nSPS) is 10.5. The second-order valence-electron chi connectivity index (χ2n) is 5.50. The number of hydrogen-bond donors (Lipinski definition) is 1. The van der Waals surface area contributed by atoms with Crippen LogP contribution >= 0.6 is 0 Å². The van der Waals surface area contributed by atoms with E-state index in [1.54, 1.807) is 0 Å². The van der Waals surface area contributed by atoms with E-state index in [4.69, 9.17) is 0 Å². The first kappa shape index (κ1) is 14.4. The molecule has 1 heterocycles. The summed E-state index contributed by atoms with van der Waals surface area (Å²) in [7, 11) is 0. The van der Waals surface area contributed by atoms with Gasteiger partial charge in [-0.2, -0.15) is 0 Å². The number of rotatable bonds is 1. The minimum atomic E-state index is 1.20. The molecule has 0 aliphatic rings. The van der Waals surface area contributed by atoms with Gasteiger partial charge in [-0.1, -0.05) is 80.9 Å². The van der Waals surface area contributed by atoms with E-state index in [0.29, 0.717) is 0 Å². The summed E-state index contributed by atoms with van der Waals surface area (Å²) in [6.07, 6.45) is 1.25. The van der Waals surface area contributed by atoms with Crippen LogP contribution < -0.4 is 0 Å². The zero-order valence-electron chi connectivity index (χ0n) is 13.1. The molecule has 0 aliphatic heterocycles. The third-order valence-electron chi connectivity index (χ3n) is 3.61. The molecule has 22 heavy (non-hydrogen) atoms. The number of para-hydroxylation sites is 1. The molecule has 1 aromatic heterocycles. The van der Waals surface area contributed by atoms with Crippen molar-refractivity contribution in [2.24, 2.45) is 0 Å². The van der Waals surface area contributed by atoms with Gasteiger partial charge >= 0.3 is 0 Å². The molecule has 0 amide bonds. The van der Waals surface area contributed by atoms with E-state index in [1.165, 1.54) is 39.4 Å². The van der Waals surface area contributed by atoms with E-state index < -0.39 is 0 Å². The van der Waals surface area contributed by atoms with Crippen molar-refractivity contribution in [3.05, 3.63) is 72.8 Å². The van der Waals surface area contributed by atoms with E-state index in [2.05, 4.69) is 85.6 Å². The van der Waals surface area contributed by atoms with Crippen molar-refractivity contribution >= 4 is 21.8 Å². The summed E-state index contributed by atoms with van der Waals surface area (Å²) in [5, 5.41) is 2.58. The number of H-pyrrole nitrogens is 1. The van der Waals surface area contributed by atoms with E-state index >= 15 is 0 Å². The molecular formula is C21H21N. The van der Waals surface area contributed by atoms with Gasteiger partial charge in [-0.05, 0) is 23.3 Å². The third-order valence-corrected chi connectivity index (χ3v) is 3.61. The van der Waals surface area contributed by atoms with Crippen LogP contribution in [0.1, 0.15) is 20.3 Å². The largest absolute Gasteiger partial charge is 0.354 e. The zero-order chi connectivity index (χ0) is 15.4. The SMILES string of the molecule is CCC.c1ccc(-c2ccc3c(c2)[nH]c2ccccc23)cc1. The predicted octanol–water partition coefficient (Wildman–Crippen LogP) is 6.40.